The van der Waals surface area contributed by atoms with Gasteiger partial charge in [-0.1, -0.05) is 37.9 Å². The van der Waals surface area contributed by atoms with Gasteiger partial charge in [0.25, 0.3) is 0 Å². The molecule has 0 saturated carbocycles. The molecule has 3 amide bonds. The molecule has 9 N–H and O–H groups in total. The molecule has 0 bridgehead atoms. The van der Waals surface area contributed by atoms with E-state index < -0.39 is 0 Å². The van der Waals surface area contributed by atoms with Gasteiger partial charge < -0.3 is 90.5 Å². The lowest BCUT2D eigenvalue weighted by Crippen LogP contribution is -2.44. The monoisotopic (exact) mass is 1430 g/mol. The smallest absolute Gasteiger partial charge is 0.247 e. The lowest BCUT2D eigenvalue weighted by atomic mass is 10.2. The number of nitrogens with zero attached hydrogens (tertiary/aromatic N) is 13. The fraction of sp³-hybridized carbons (Fsp3) is 0.195. The van der Waals surface area contributed by atoms with Crippen LogP contribution >= 0.6 is 0 Å². The zero-order valence-corrected chi connectivity index (χ0v) is 58.6. The molecule has 0 aliphatic carbocycles. The first kappa shape index (κ1) is 71.2. The summed E-state index contributed by atoms with van der Waals surface area (Å²) in [4.78, 5) is 89.7. The Bertz CT molecular complexity index is 4890. The van der Waals surface area contributed by atoms with E-state index in [0.29, 0.717) is 97.5 Å². The van der Waals surface area contributed by atoms with E-state index in [9.17, 15) is 18.8 Å². The number of rotatable bonds is 21. The predicted octanol–water partition coefficient (Wildman–Crippen LogP) is 12.6. The van der Waals surface area contributed by atoms with Crippen LogP contribution in [0.5, 0.6) is 34.9 Å². The van der Waals surface area contributed by atoms with Gasteiger partial charge in [-0.25, -0.2) is 9.37 Å². The number of amides is 3. The first-order valence-electron chi connectivity index (χ1n) is 34.3. The topological polar surface area (TPSA) is 308 Å². The molecule has 106 heavy (non-hydrogen) atoms. The van der Waals surface area contributed by atoms with Gasteiger partial charge in [0, 0.05) is 149 Å². The average Bonchev–Trinajstić information content (AvgIpc) is 0.845. The molecule has 0 radical (unpaired) electrons. The van der Waals surface area contributed by atoms with Crippen LogP contribution in [0.4, 0.5) is 73.6 Å². The number of anilines is 12. The summed E-state index contributed by atoms with van der Waals surface area (Å²) in [5.41, 5.74) is 7.58. The highest BCUT2D eigenvalue weighted by Crippen LogP contribution is 2.35. The van der Waals surface area contributed by atoms with Crippen molar-refractivity contribution in [2.75, 3.05) is 146 Å². The number of piperazine rings is 3. The van der Waals surface area contributed by atoms with Crippen LogP contribution in [0.3, 0.4) is 0 Å². The van der Waals surface area contributed by atoms with Gasteiger partial charge in [0.15, 0.2) is 0 Å². The van der Waals surface area contributed by atoms with Crippen LogP contribution in [0.15, 0.2) is 208 Å². The zero-order valence-electron chi connectivity index (χ0n) is 58.6. The third-order valence-electron chi connectivity index (χ3n) is 17.5. The predicted molar refractivity (Wildman–Crippen MR) is 414 cm³/mol. The second kappa shape index (κ2) is 33.2. The van der Waals surface area contributed by atoms with Crippen molar-refractivity contribution >= 4 is 120 Å². The maximum absolute atomic E-state index is 15.0. The normalized spacial score (nSPS) is 14.0. The number of fused-ring (bicyclic) bond motifs is 3. The number of hydrogen-bond donors (Lipinski definition) is 9. The van der Waals surface area contributed by atoms with Gasteiger partial charge in [0.2, 0.25) is 53.2 Å². The fourth-order valence-corrected chi connectivity index (χ4v) is 11.7. The van der Waals surface area contributed by atoms with Gasteiger partial charge in [-0.2, -0.15) is 29.9 Å². The summed E-state index contributed by atoms with van der Waals surface area (Å²) in [6.45, 7) is 21.9. The van der Waals surface area contributed by atoms with Crippen molar-refractivity contribution in [3.8, 4) is 34.9 Å². The average molecular weight is 1430 g/mol. The molecule has 29 heteroatoms. The van der Waals surface area contributed by atoms with Crippen LogP contribution in [0.1, 0.15) is 0 Å². The molecule has 5 aromatic carbocycles. The lowest BCUT2D eigenvalue weighted by Gasteiger charge is -2.34. The Labute approximate surface area is 610 Å². The van der Waals surface area contributed by atoms with Crippen LogP contribution in [-0.2, 0) is 14.4 Å². The fourth-order valence-electron chi connectivity index (χ4n) is 11.7. The molecule has 3 aliphatic heterocycles. The van der Waals surface area contributed by atoms with E-state index in [0.717, 1.165) is 107 Å². The van der Waals surface area contributed by atoms with Gasteiger partial charge in [-0.3, -0.25) is 14.4 Å². The van der Waals surface area contributed by atoms with E-state index in [1.807, 2.05) is 48.5 Å². The van der Waals surface area contributed by atoms with E-state index in [-0.39, 0.29) is 29.5 Å². The van der Waals surface area contributed by atoms with Gasteiger partial charge in [0.1, 0.15) is 45.8 Å². The third-order valence-corrected chi connectivity index (χ3v) is 17.5. The molecule has 3 fully saturated rings. The highest BCUT2D eigenvalue weighted by atomic mass is 19.1. The Balaban J connectivity index is 0.000000141. The van der Waals surface area contributed by atoms with Crippen LogP contribution in [0, 0.1) is 5.82 Å². The molecule has 540 valence electrons. The van der Waals surface area contributed by atoms with Crippen molar-refractivity contribution in [1.29, 1.82) is 0 Å². The highest BCUT2D eigenvalue weighted by Gasteiger charge is 2.22. The summed E-state index contributed by atoms with van der Waals surface area (Å²) < 4.78 is 33.2. The van der Waals surface area contributed by atoms with Crippen molar-refractivity contribution in [2.24, 2.45) is 0 Å². The number of hydrogen-bond acceptors (Lipinski definition) is 22. The molecule has 15 rings (SSSR count). The Morgan fingerprint density at radius 2 is 0.792 bits per heavy atom. The van der Waals surface area contributed by atoms with E-state index in [1.165, 1.54) is 30.0 Å². The molecular formula is C77H79FN22O6. The minimum absolute atomic E-state index is 0.253. The van der Waals surface area contributed by atoms with E-state index >= 15 is 0 Å². The molecule has 7 aromatic heterocycles. The number of H-pyrrole nitrogens is 3. The van der Waals surface area contributed by atoms with Gasteiger partial charge in [-0.15, -0.1) is 0 Å². The second-order valence-electron chi connectivity index (χ2n) is 25.1. The number of halogens is 1. The van der Waals surface area contributed by atoms with Gasteiger partial charge in [-0.05, 0) is 149 Å². The first-order valence-corrected chi connectivity index (χ1v) is 34.3. The number of carbonyl (C=O) groups excluding carboxylic acids is 3. The summed E-state index contributed by atoms with van der Waals surface area (Å²) in [5.74, 6) is 3.43. The Morgan fingerprint density at radius 1 is 0.415 bits per heavy atom. The maximum Gasteiger partial charge on any atom is 0.247 e. The highest BCUT2D eigenvalue weighted by molar-refractivity contribution is 6.00. The van der Waals surface area contributed by atoms with Crippen molar-refractivity contribution in [1.82, 2.24) is 64.5 Å². The number of aromatic nitrogens is 10. The molecule has 0 unspecified atom stereocenters. The third kappa shape index (κ3) is 18.3. The summed E-state index contributed by atoms with van der Waals surface area (Å²) >= 11 is 0. The Morgan fingerprint density at radius 3 is 1.19 bits per heavy atom. The SMILES string of the molecule is C=CC(=O)Nc1cccc(Oc2nc(Nc3ccc(N4CCN(C)CC4)c(F)c3)nc3[nH]ccc23)c1.C=CC(=O)Nc1cccc(Oc2nc(Nc3ccc(N4CCN(C)CC4)cc3)nc3[nH]ccc23)c1.C=CC(=O)Nc1cccc(Oc2nc(Nc3ccc(N4CCN(C)CC4)nc3)nc3[nH]ccc23)c1. The standard InChI is InChI=1S/C26H26FN7O2.C26H27N7O2.C25H26N8O2/c1-3-23(35)29-17-5-4-6-19(15-17)36-25-20-9-10-28-24(20)31-26(32-25)30-18-7-8-22(21(27)16-18)34-13-11-33(2)12-14-34;1-3-23(34)28-19-5-4-6-21(17-19)35-25-22-11-12-27-24(22)30-26(31-25)29-18-7-9-20(10-8-18)33-15-13-32(2)14-16-33;1-3-22(34)28-17-5-4-6-19(15-17)35-24-20-9-10-26-23(20)30-25(31-24)29-18-7-8-21(27-16-18)33-13-11-32(2)12-14-33/h3-10,15-16H,1,11-14H2,2H3,(H,29,35)(H2,28,30,31,32);3-12,17H,1,13-16H2,2H3,(H,28,34)(H2,27,29,30,31);3-10,15-16H,1,11-14H2,2H3,(H,28,34)(H2,26,29,30,31). The van der Waals surface area contributed by atoms with Crippen molar-refractivity contribution in [2.45, 2.75) is 0 Å². The van der Waals surface area contributed by atoms with E-state index in [1.54, 1.807) is 104 Å². The first-order chi connectivity index (χ1) is 51.6. The Hall–Kier alpha value is -13.3. The quantitative estimate of drug-likeness (QED) is 0.0302. The number of pyridine rings is 1. The zero-order chi connectivity index (χ0) is 73.5. The van der Waals surface area contributed by atoms with E-state index in [4.69, 9.17) is 14.2 Å². The largest absolute Gasteiger partial charge is 0.438 e. The second-order valence-corrected chi connectivity index (χ2v) is 25.1. The van der Waals surface area contributed by atoms with Crippen molar-refractivity contribution in [3.05, 3.63) is 214 Å². The molecule has 3 aliphatic rings. The molecule has 0 spiro atoms. The van der Waals surface area contributed by atoms with Crippen LogP contribution in [0.2, 0.25) is 0 Å². The molecule has 0 atom stereocenters. The number of aromatic amines is 3. The minimum Gasteiger partial charge on any atom is -0.438 e. The summed E-state index contributed by atoms with van der Waals surface area (Å²) in [6, 6.07) is 43.9. The minimum atomic E-state index is -0.320. The van der Waals surface area contributed by atoms with Crippen LogP contribution in [0.25, 0.3) is 33.1 Å². The lowest BCUT2D eigenvalue weighted by molar-refractivity contribution is -0.112. The van der Waals surface area contributed by atoms with Crippen LogP contribution in [-0.4, -0.2) is 182 Å². The number of likely N-dealkylation sites (N-methyl/N-ethyl adjacent to an activating group) is 3. The summed E-state index contributed by atoms with van der Waals surface area (Å²) in [7, 11) is 6.35. The number of benzene rings is 5. The van der Waals surface area contributed by atoms with Gasteiger partial charge in [0.05, 0.1) is 33.7 Å². The van der Waals surface area contributed by atoms with Gasteiger partial charge >= 0.3 is 0 Å². The number of carbonyl (C=O) groups is 3. The van der Waals surface area contributed by atoms with Crippen molar-refractivity contribution < 1.29 is 33.0 Å². The molecular weight excluding hydrogens is 1350 g/mol. The Kier molecular flexibility index (Phi) is 22.3. The summed E-state index contributed by atoms with van der Waals surface area (Å²) in [6.07, 6.45) is 10.7. The molecule has 3 saturated heterocycles. The number of nitrogens with one attached hydrogen (secondary N) is 9. The van der Waals surface area contributed by atoms with Crippen molar-refractivity contribution in [3.63, 3.8) is 0 Å². The molecule has 28 nitrogen and oxygen atoms in total. The number of ether oxygens (including phenoxy) is 3. The molecule has 10 heterocycles. The molecule has 12 aromatic rings. The van der Waals surface area contributed by atoms with Crippen LogP contribution < -0.4 is 60.8 Å². The maximum atomic E-state index is 15.0. The van der Waals surface area contributed by atoms with E-state index in [2.05, 4.69) is 164 Å². The summed E-state index contributed by atoms with van der Waals surface area (Å²) in [5, 5.41) is 19.9.